The van der Waals surface area contributed by atoms with E-state index in [1.54, 1.807) is 24.0 Å². The summed E-state index contributed by atoms with van der Waals surface area (Å²) in [5.41, 5.74) is 0.768. The maximum Gasteiger partial charge on any atom is 0.303 e. The second-order valence-electron chi connectivity index (χ2n) is 7.79. The summed E-state index contributed by atoms with van der Waals surface area (Å²) in [6.07, 6.45) is 1.45. The Morgan fingerprint density at radius 3 is 2.76 bits per heavy atom. The predicted molar refractivity (Wildman–Crippen MR) is 116 cm³/mol. The number of halogens is 3. The van der Waals surface area contributed by atoms with Gasteiger partial charge in [0, 0.05) is 44.0 Å². The molecule has 2 unspecified atom stereocenters. The molecule has 12 heteroatoms. The van der Waals surface area contributed by atoms with Gasteiger partial charge >= 0.3 is 10.2 Å². The van der Waals surface area contributed by atoms with Crippen molar-refractivity contribution in [3.63, 3.8) is 0 Å². The van der Waals surface area contributed by atoms with Crippen molar-refractivity contribution in [2.24, 2.45) is 0 Å². The highest BCUT2D eigenvalue weighted by atomic mass is 32.2. The van der Waals surface area contributed by atoms with E-state index in [9.17, 15) is 26.4 Å². The Morgan fingerprint density at radius 1 is 1.27 bits per heavy atom. The van der Waals surface area contributed by atoms with Gasteiger partial charge in [-0.05, 0) is 30.3 Å². The van der Waals surface area contributed by atoms with Gasteiger partial charge in [0.05, 0.1) is 23.3 Å². The van der Waals surface area contributed by atoms with E-state index in [-0.39, 0.29) is 36.2 Å². The first-order chi connectivity index (χ1) is 15.6. The minimum atomic E-state index is -4.03. The SMILES string of the molecule is CCN(C)S(=O)(=O)NC(=O)c1cnn2ccc(N3CC(F)CC3c3cc(F)ccc3F)cc12. The third-order valence-electron chi connectivity index (χ3n) is 5.73. The summed E-state index contributed by atoms with van der Waals surface area (Å²) in [4.78, 5) is 14.3. The fourth-order valence-corrected chi connectivity index (χ4v) is 4.72. The van der Waals surface area contributed by atoms with Gasteiger partial charge in [-0.15, -0.1) is 0 Å². The Balaban J connectivity index is 1.70. The molecule has 8 nitrogen and oxygen atoms in total. The normalized spacial score (nSPS) is 18.9. The monoisotopic (exact) mass is 481 g/mol. The minimum absolute atomic E-state index is 0.00518. The Kier molecular flexibility index (Phi) is 6.06. The first kappa shape index (κ1) is 23.1. The van der Waals surface area contributed by atoms with E-state index in [0.29, 0.717) is 5.69 Å². The second kappa shape index (κ2) is 8.67. The number of nitrogens with zero attached hydrogens (tertiary/aromatic N) is 4. The summed E-state index contributed by atoms with van der Waals surface area (Å²) < 4.78 is 71.3. The van der Waals surface area contributed by atoms with Crippen LogP contribution in [0.2, 0.25) is 0 Å². The highest BCUT2D eigenvalue weighted by molar-refractivity contribution is 7.87. The standard InChI is InChI=1S/C21H22F3N5O3S/c1-3-27(2)33(31,32)26-21(30)17-11-25-29-7-6-15(10-20(17)29)28-12-14(23)9-19(28)16-8-13(22)4-5-18(16)24/h4-8,10-11,14,19H,3,9,12H2,1-2H3,(H,26,30). The van der Waals surface area contributed by atoms with Gasteiger partial charge in [0.1, 0.15) is 17.8 Å². The van der Waals surface area contributed by atoms with E-state index in [4.69, 9.17) is 0 Å². The zero-order chi connectivity index (χ0) is 23.9. The van der Waals surface area contributed by atoms with Crippen molar-refractivity contribution >= 4 is 27.3 Å². The van der Waals surface area contributed by atoms with Crippen molar-refractivity contribution in [2.45, 2.75) is 25.6 Å². The maximum absolute atomic E-state index is 14.4. The number of hydrogen-bond acceptors (Lipinski definition) is 5. The number of anilines is 1. The quantitative estimate of drug-likeness (QED) is 0.585. The highest BCUT2D eigenvalue weighted by Crippen LogP contribution is 2.39. The molecule has 1 fully saturated rings. The summed E-state index contributed by atoms with van der Waals surface area (Å²) in [5, 5.41) is 4.07. The van der Waals surface area contributed by atoms with E-state index >= 15 is 0 Å². The first-order valence-corrected chi connectivity index (χ1v) is 11.7. The third-order valence-corrected chi connectivity index (χ3v) is 7.25. The van der Waals surface area contributed by atoms with E-state index in [1.807, 2.05) is 4.72 Å². The lowest BCUT2D eigenvalue weighted by molar-refractivity contribution is 0.0981. The molecule has 0 spiro atoms. The Hall–Kier alpha value is -3.12. The van der Waals surface area contributed by atoms with Gasteiger partial charge in [-0.1, -0.05) is 6.92 Å². The number of benzene rings is 1. The lowest BCUT2D eigenvalue weighted by Gasteiger charge is -2.27. The number of alkyl halides is 1. The second-order valence-corrected chi connectivity index (χ2v) is 9.57. The molecule has 3 aromatic rings. The molecule has 2 aromatic heterocycles. The molecule has 176 valence electrons. The van der Waals surface area contributed by atoms with Gasteiger partial charge in [-0.25, -0.2) is 22.4 Å². The summed E-state index contributed by atoms with van der Waals surface area (Å²) in [7, 11) is -2.70. The average molecular weight is 482 g/mol. The van der Waals surface area contributed by atoms with Gasteiger partial charge in [-0.3, -0.25) is 4.79 Å². The van der Waals surface area contributed by atoms with Gasteiger partial charge < -0.3 is 4.90 Å². The molecular weight excluding hydrogens is 459 g/mol. The lowest BCUT2D eigenvalue weighted by atomic mass is 10.0. The number of rotatable bonds is 6. The number of nitrogens with one attached hydrogen (secondary N) is 1. The molecule has 0 radical (unpaired) electrons. The number of aromatic nitrogens is 2. The zero-order valence-corrected chi connectivity index (χ0v) is 18.7. The highest BCUT2D eigenvalue weighted by Gasteiger charge is 2.35. The van der Waals surface area contributed by atoms with Gasteiger partial charge in [0.15, 0.2) is 0 Å². The van der Waals surface area contributed by atoms with E-state index in [2.05, 4.69) is 5.10 Å². The summed E-state index contributed by atoms with van der Waals surface area (Å²) in [6.45, 7) is 1.73. The maximum atomic E-state index is 14.4. The van der Waals surface area contributed by atoms with Crippen molar-refractivity contribution in [1.82, 2.24) is 18.6 Å². The van der Waals surface area contributed by atoms with Crippen LogP contribution < -0.4 is 9.62 Å². The lowest BCUT2D eigenvalue weighted by Crippen LogP contribution is -2.41. The third kappa shape index (κ3) is 4.40. The van der Waals surface area contributed by atoms with Crippen LogP contribution in [-0.2, 0) is 10.2 Å². The summed E-state index contributed by atoms with van der Waals surface area (Å²) >= 11 is 0. The molecular formula is C21H22F3N5O3S. The van der Waals surface area contributed by atoms with Crippen molar-refractivity contribution in [3.05, 3.63) is 65.5 Å². The Morgan fingerprint density at radius 2 is 2.03 bits per heavy atom. The van der Waals surface area contributed by atoms with Crippen molar-refractivity contribution in [3.8, 4) is 0 Å². The topological polar surface area (TPSA) is 87.0 Å². The molecule has 2 atom stereocenters. The Bertz CT molecular complexity index is 1310. The molecule has 0 aliphatic carbocycles. The minimum Gasteiger partial charge on any atom is -0.361 e. The fraction of sp³-hybridized carbons (Fsp3) is 0.333. The van der Waals surface area contributed by atoms with Crippen LogP contribution in [0.1, 0.15) is 35.3 Å². The number of amides is 1. The zero-order valence-electron chi connectivity index (χ0n) is 17.9. The number of pyridine rings is 1. The Labute approximate surface area is 188 Å². The molecule has 1 aliphatic heterocycles. The van der Waals surface area contributed by atoms with Crippen LogP contribution >= 0.6 is 0 Å². The number of fused-ring (bicyclic) bond motifs is 1. The van der Waals surface area contributed by atoms with Gasteiger partial charge in [0.2, 0.25) is 0 Å². The predicted octanol–water partition coefficient (Wildman–Crippen LogP) is 2.83. The van der Waals surface area contributed by atoms with Crippen LogP contribution in [0.4, 0.5) is 18.9 Å². The van der Waals surface area contributed by atoms with Crippen molar-refractivity contribution in [2.75, 3.05) is 25.0 Å². The molecule has 1 N–H and O–H groups in total. The molecule has 4 rings (SSSR count). The van der Waals surface area contributed by atoms with Crippen LogP contribution in [-0.4, -0.2) is 54.6 Å². The van der Waals surface area contributed by atoms with Gasteiger partial charge in [-0.2, -0.15) is 17.8 Å². The fourth-order valence-electron chi connectivity index (χ4n) is 3.88. The summed E-state index contributed by atoms with van der Waals surface area (Å²) in [6, 6.07) is 5.46. The van der Waals surface area contributed by atoms with Crippen LogP contribution in [0, 0.1) is 11.6 Å². The van der Waals surface area contributed by atoms with Crippen molar-refractivity contribution < 1.29 is 26.4 Å². The molecule has 0 saturated carbocycles. The van der Waals surface area contributed by atoms with E-state index in [1.165, 1.54) is 24.0 Å². The van der Waals surface area contributed by atoms with Gasteiger partial charge in [0.25, 0.3) is 5.91 Å². The summed E-state index contributed by atoms with van der Waals surface area (Å²) in [5.74, 6) is -2.15. The van der Waals surface area contributed by atoms with Crippen LogP contribution in [0.3, 0.4) is 0 Å². The van der Waals surface area contributed by atoms with E-state index in [0.717, 1.165) is 22.5 Å². The molecule has 1 saturated heterocycles. The molecule has 0 bridgehead atoms. The molecule has 3 heterocycles. The number of hydrogen-bond donors (Lipinski definition) is 1. The molecule has 33 heavy (non-hydrogen) atoms. The van der Waals surface area contributed by atoms with Crippen LogP contribution in [0.15, 0.2) is 42.7 Å². The van der Waals surface area contributed by atoms with Crippen LogP contribution in [0.25, 0.3) is 5.52 Å². The molecule has 1 amide bonds. The smallest absolute Gasteiger partial charge is 0.303 e. The number of carbonyl (C=O) groups excluding carboxylic acids is 1. The largest absolute Gasteiger partial charge is 0.361 e. The first-order valence-electron chi connectivity index (χ1n) is 10.2. The molecule has 1 aliphatic rings. The molecule has 1 aromatic carbocycles. The number of carbonyl (C=O) groups is 1. The van der Waals surface area contributed by atoms with Crippen molar-refractivity contribution in [1.29, 1.82) is 0 Å². The average Bonchev–Trinajstić information content (AvgIpc) is 3.37. The van der Waals surface area contributed by atoms with E-state index < -0.39 is 40.0 Å². The van der Waals surface area contributed by atoms with Crippen LogP contribution in [0.5, 0.6) is 0 Å².